The Morgan fingerprint density at radius 3 is 2.10 bits per heavy atom. The van der Waals surface area contributed by atoms with Gasteiger partial charge in [0.05, 0.1) is 19.5 Å². The molecule has 1 heterocycles. The molecule has 0 atom stereocenters. The van der Waals surface area contributed by atoms with Crippen LogP contribution in [0.5, 0.6) is 5.75 Å². The first-order valence-electron chi connectivity index (χ1n) is 6.49. The lowest BCUT2D eigenvalue weighted by Gasteiger charge is -2.09. The van der Waals surface area contributed by atoms with Gasteiger partial charge in [0.25, 0.3) is 0 Å². The van der Waals surface area contributed by atoms with Crippen LogP contribution in [0.2, 0.25) is 0 Å². The third kappa shape index (κ3) is 2.74. The summed E-state index contributed by atoms with van der Waals surface area (Å²) >= 11 is 0. The van der Waals surface area contributed by atoms with Gasteiger partial charge in [0, 0.05) is 5.56 Å². The summed E-state index contributed by atoms with van der Waals surface area (Å²) in [6, 6.07) is 15.5. The summed E-state index contributed by atoms with van der Waals surface area (Å²) in [7, 11) is 1.63. The van der Waals surface area contributed by atoms with Crippen molar-refractivity contribution in [1.82, 2.24) is 9.97 Å². The number of halogens is 1. The minimum Gasteiger partial charge on any atom is -0.497 e. The van der Waals surface area contributed by atoms with Crippen LogP contribution >= 0.6 is 0 Å². The Kier molecular flexibility index (Phi) is 3.60. The Balaban J connectivity index is 2.08. The molecule has 0 saturated carbocycles. The van der Waals surface area contributed by atoms with E-state index in [-0.39, 0.29) is 0 Å². The van der Waals surface area contributed by atoms with Gasteiger partial charge in [-0.1, -0.05) is 36.4 Å². The maximum Gasteiger partial charge on any atom is 0.159 e. The maximum absolute atomic E-state index is 13.0. The third-order valence-electron chi connectivity index (χ3n) is 3.19. The molecule has 1 aromatic heterocycles. The van der Waals surface area contributed by atoms with Gasteiger partial charge in [-0.3, -0.25) is 0 Å². The molecule has 2 aromatic carbocycles. The number of nitrogens with zero attached hydrogens (tertiary/aromatic N) is 2. The maximum atomic E-state index is 13.0. The van der Waals surface area contributed by atoms with Crippen molar-refractivity contribution in [3.8, 4) is 28.3 Å². The number of methoxy groups -OCH3 is 1. The molecule has 104 valence electrons. The van der Waals surface area contributed by atoms with E-state index in [1.165, 1.54) is 12.4 Å². The van der Waals surface area contributed by atoms with Gasteiger partial charge in [0.15, 0.2) is 11.6 Å². The second-order valence-corrected chi connectivity index (χ2v) is 4.50. The zero-order chi connectivity index (χ0) is 14.7. The Morgan fingerprint density at radius 2 is 1.48 bits per heavy atom. The highest BCUT2D eigenvalue weighted by Gasteiger charge is 2.09. The van der Waals surface area contributed by atoms with Gasteiger partial charge in [-0.25, -0.2) is 14.4 Å². The first kappa shape index (κ1) is 13.2. The van der Waals surface area contributed by atoms with Crippen LogP contribution in [-0.2, 0) is 0 Å². The van der Waals surface area contributed by atoms with Gasteiger partial charge in [0.1, 0.15) is 5.75 Å². The molecule has 0 radical (unpaired) electrons. The van der Waals surface area contributed by atoms with Gasteiger partial charge < -0.3 is 4.74 Å². The van der Waals surface area contributed by atoms with Crippen molar-refractivity contribution in [3.05, 3.63) is 66.7 Å². The van der Waals surface area contributed by atoms with E-state index in [4.69, 9.17) is 4.74 Å². The Bertz CT molecular complexity index is 739. The van der Waals surface area contributed by atoms with Crippen LogP contribution in [0, 0.1) is 5.82 Å². The third-order valence-corrected chi connectivity index (χ3v) is 3.19. The van der Waals surface area contributed by atoms with E-state index in [2.05, 4.69) is 9.97 Å². The molecule has 0 aliphatic heterocycles. The fourth-order valence-corrected chi connectivity index (χ4v) is 2.15. The Hall–Kier alpha value is -2.75. The molecular weight excluding hydrogens is 267 g/mol. The predicted molar refractivity (Wildman–Crippen MR) is 79.4 cm³/mol. The lowest BCUT2D eigenvalue weighted by molar-refractivity contribution is 0.415. The summed E-state index contributed by atoms with van der Waals surface area (Å²) in [5.74, 6) is 0.859. The predicted octanol–water partition coefficient (Wildman–Crippen LogP) is 3.96. The van der Waals surface area contributed by atoms with Gasteiger partial charge >= 0.3 is 0 Å². The van der Waals surface area contributed by atoms with Gasteiger partial charge in [-0.2, -0.15) is 0 Å². The summed E-state index contributed by atoms with van der Waals surface area (Å²) in [6.45, 7) is 0. The lowest BCUT2D eigenvalue weighted by Crippen LogP contribution is -1.92. The van der Waals surface area contributed by atoms with E-state index in [9.17, 15) is 4.39 Å². The van der Waals surface area contributed by atoms with Crippen molar-refractivity contribution in [2.75, 3.05) is 7.11 Å². The van der Waals surface area contributed by atoms with Crippen molar-refractivity contribution in [2.45, 2.75) is 0 Å². The number of hydrogen-bond acceptors (Lipinski definition) is 3. The summed E-state index contributed by atoms with van der Waals surface area (Å²) < 4.78 is 18.1. The van der Waals surface area contributed by atoms with E-state index in [0.717, 1.165) is 22.4 Å². The molecular formula is C17H13FN2O. The summed E-state index contributed by atoms with van der Waals surface area (Å²) in [4.78, 5) is 8.12. The van der Waals surface area contributed by atoms with Crippen molar-refractivity contribution in [2.24, 2.45) is 0 Å². The standard InChI is InChI=1S/C17H13FN2O/c1-21-14-8-6-12(7-9-14)15-4-2-3-5-16(15)17-19-10-13(18)11-20-17/h2-11H,1H3. The monoisotopic (exact) mass is 280 g/mol. The van der Waals surface area contributed by atoms with Gasteiger partial charge in [-0.15, -0.1) is 0 Å². The number of ether oxygens (including phenoxy) is 1. The fraction of sp³-hybridized carbons (Fsp3) is 0.0588. The second kappa shape index (κ2) is 5.71. The molecule has 0 N–H and O–H groups in total. The molecule has 3 rings (SSSR count). The largest absolute Gasteiger partial charge is 0.497 e. The van der Waals surface area contributed by atoms with E-state index in [1.54, 1.807) is 7.11 Å². The summed E-state index contributed by atoms with van der Waals surface area (Å²) in [6.07, 6.45) is 2.35. The van der Waals surface area contributed by atoms with E-state index in [0.29, 0.717) is 5.82 Å². The van der Waals surface area contributed by atoms with Crippen molar-refractivity contribution in [3.63, 3.8) is 0 Å². The molecule has 3 nitrogen and oxygen atoms in total. The zero-order valence-corrected chi connectivity index (χ0v) is 11.5. The first-order valence-corrected chi connectivity index (χ1v) is 6.49. The molecule has 0 aliphatic carbocycles. The SMILES string of the molecule is COc1ccc(-c2ccccc2-c2ncc(F)cn2)cc1. The van der Waals surface area contributed by atoms with E-state index < -0.39 is 5.82 Å². The normalized spacial score (nSPS) is 10.4. The minimum atomic E-state index is -0.444. The smallest absolute Gasteiger partial charge is 0.159 e. The van der Waals surface area contributed by atoms with Crippen LogP contribution in [0.25, 0.3) is 22.5 Å². The van der Waals surface area contributed by atoms with Crippen LogP contribution in [-0.4, -0.2) is 17.1 Å². The van der Waals surface area contributed by atoms with Gasteiger partial charge in [0.2, 0.25) is 0 Å². The van der Waals surface area contributed by atoms with Gasteiger partial charge in [-0.05, 0) is 23.3 Å². The van der Waals surface area contributed by atoms with Crippen LogP contribution < -0.4 is 4.74 Å². The highest BCUT2D eigenvalue weighted by Crippen LogP contribution is 2.30. The molecule has 0 aliphatic rings. The van der Waals surface area contributed by atoms with Crippen LogP contribution in [0.1, 0.15) is 0 Å². The number of rotatable bonds is 3. The number of aromatic nitrogens is 2. The summed E-state index contributed by atoms with van der Waals surface area (Å²) in [5.41, 5.74) is 2.88. The zero-order valence-electron chi connectivity index (χ0n) is 11.5. The second-order valence-electron chi connectivity index (χ2n) is 4.50. The van der Waals surface area contributed by atoms with E-state index >= 15 is 0 Å². The highest BCUT2D eigenvalue weighted by molar-refractivity contribution is 5.80. The van der Waals surface area contributed by atoms with Crippen molar-refractivity contribution >= 4 is 0 Å². The summed E-state index contributed by atoms with van der Waals surface area (Å²) in [5, 5.41) is 0. The molecule has 0 bridgehead atoms. The molecule has 0 amide bonds. The molecule has 4 heteroatoms. The molecule has 0 saturated heterocycles. The molecule has 0 spiro atoms. The van der Waals surface area contributed by atoms with Crippen molar-refractivity contribution < 1.29 is 9.13 Å². The quantitative estimate of drug-likeness (QED) is 0.728. The van der Waals surface area contributed by atoms with E-state index in [1.807, 2.05) is 48.5 Å². The molecule has 0 unspecified atom stereocenters. The average Bonchev–Trinajstić information content (AvgIpc) is 2.56. The van der Waals surface area contributed by atoms with Crippen LogP contribution in [0.3, 0.4) is 0 Å². The Labute approximate surface area is 122 Å². The van der Waals surface area contributed by atoms with Crippen LogP contribution in [0.15, 0.2) is 60.9 Å². The number of hydrogen-bond donors (Lipinski definition) is 0. The van der Waals surface area contributed by atoms with Crippen LogP contribution in [0.4, 0.5) is 4.39 Å². The minimum absolute atomic E-state index is 0.444. The average molecular weight is 280 g/mol. The molecule has 0 fully saturated rings. The topological polar surface area (TPSA) is 35.0 Å². The fourth-order valence-electron chi connectivity index (χ4n) is 2.15. The van der Waals surface area contributed by atoms with Crippen molar-refractivity contribution in [1.29, 1.82) is 0 Å². The molecule has 21 heavy (non-hydrogen) atoms. The number of benzene rings is 2. The highest BCUT2D eigenvalue weighted by atomic mass is 19.1. The first-order chi connectivity index (χ1) is 10.3. The lowest BCUT2D eigenvalue weighted by atomic mass is 9.99. The molecule has 3 aromatic rings. The Morgan fingerprint density at radius 1 is 0.857 bits per heavy atom.